The molecular weight excluding hydrogens is 488 g/mol. The van der Waals surface area contributed by atoms with E-state index in [2.05, 4.69) is 31.3 Å². The minimum Gasteiger partial charge on any atom is -0.457 e. The highest BCUT2D eigenvalue weighted by molar-refractivity contribution is 6.18. The first-order chi connectivity index (χ1) is 19.2. The van der Waals surface area contributed by atoms with Crippen LogP contribution in [0.1, 0.15) is 24.0 Å². The molecule has 0 atom stereocenters. The van der Waals surface area contributed by atoms with Crippen molar-refractivity contribution in [3.8, 4) is 11.5 Å². The number of piperidine rings is 1. The monoisotopic (exact) mass is 523 g/mol. The molecule has 4 aliphatic heterocycles. The van der Waals surface area contributed by atoms with Crippen LogP contribution in [0, 0.1) is 11.8 Å². The molecule has 3 fully saturated rings. The minimum atomic E-state index is 0.446. The highest BCUT2D eigenvalue weighted by atomic mass is 16.5. The number of likely N-dealkylation sites (tertiary alicyclic amines) is 2. The van der Waals surface area contributed by atoms with Crippen molar-refractivity contribution >= 4 is 23.6 Å². The van der Waals surface area contributed by atoms with Crippen LogP contribution in [0.4, 0.5) is 11.6 Å². The molecule has 0 aliphatic carbocycles. The fourth-order valence-corrected chi connectivity index (χ4v) is 6.01. The molecule has 0 spiro atoms. The summed E-state index contributed by atoms with van der Waals surface area (Å²) < 4.78 is 7.89. The number of nitrogens with one attached hydrogen (secondary N) is 1. The minimum absolute atomic E-state index is 0.446. The number of hydrogen-bond acceptors (Lipinski definition) is 8. The van der Waals surface area contributed by atoms with E-state index in [-0.39, 0.29) is 0 Å². The van der Waals surface area contributed by atoms with Gasteiger partial charge in [0.1, 0.15) is 34.8 Å². The van der Waals surface area contributed by atoms with Crippen LogP contribution in [0.3, 0.4) is 0 Å². The Hall–Kier alpha value is -3.66. The van der Waals surface area contributed by atoms with E-state index in [1.54, 1.807) is 0 Å². The van der Waals surface area contributed by atoms with E-state index in [9.17, 15) is 0 Å². The van der Waals surface area contributed by atoms with Crippen molar-refractivity contribution in [2.75, 3.05) is 51.5 Å². The number of nitrogens with two attached hydrogens (primary N) is 1. The third-order valence-corrected chi connectivity index (χ3v) is 8.39. The fraction of sp³-hybridized carbons (Fsp3) is 0.400. The molecule has 3 aromatic rings. The molecule has 39 heavy (non-hydrogen) atoms. The average molecular weight is 524 g/mol. The summed E-state index contributed by atoms with van der Waals surface area (Å²) in [7, 11) is 0. The second-order valence-corrected chi connectivity index (χ2v) is 11.1. The van der Waals surface area contributed by atoms with Gasteiger partial charge in [-0.3, -0.25) is 9.80 Å². The van der Waals surface area contributed by atoms with Gasteiger partial charge in [0.25, 0.3) is 0 Å². The summed E-state index contributed by atoms with van der Waals surface area (Å²) in [6, 6.07) is 18.4. The van der Waals surface area contributed by atoms with E-state index in [0.717, 1.165) is 72.0 Å². The van der Waals surface area contributed by atoms with Gasteiger partial charge in [0.05, 0.1) is 0 Å². The van der Waals surface area contributed by atoms with Gasteiger partial charge in [-0.25, -0.2) is 0 Å². The van der Waals surface area contributed by atoms with Gasteiger partial charge in [-0.2, -0.15) is 4.98 Å². The van der Waals surface area contributed by atoms with Crippen LogP contribution < -0.4 is 15.8 Å². The van der Waals surface area contributed by atoms with Gasteiger partial charge in [-0.1, -0.05) is 23.3 Å². The lowest BCUT2D eigenvalue weighted by Crippen LogP contribution is -2.63. The molecule has 3 saturated heterocycles. The molecule has 200 valence electrons. The Bertz CT molecular complexity index is 1370. The zero-order chi connectivity index (χ0) is 26.2. The summed E-state index contributed by atoms with van der Waals surface area (Å²) in [6.07, 6.45) is 6.02. The van der Waals surface area contributed by atoms with Crippen molar-refractivity contribution in [1.29, 1.82) is 0 Å². The van der Waals surface area contributed by atoms with Crippen LogP contribution >= 0.6 is 0 Å². The molecule has 1 aromatic heterocycles. The number of rotatable bonds is 7. The number of ether oxygens (including phenoxy) is 1. The van der Waals surface area contributed by atoms with E-state index in [1.807, 2.05) is 59.3 Å². The first kappa shape index (κ1) is 24.4. The first-order valence-electron chi connectivity index (χ1n) is 14.0. The van der Waals surface area contributed by atoms with Crippen molar-refractivity contribution < 1.29 is 9.42 Å². The van der Waals surface area contributed by atoms with E-state index in [1.165, 1.54) is 39.1 Å². The molecule has 5 heterocycles. The smallest absolute Gasteiger partial charge is 0.363 e. The molecule has 2 aromatic carbocycles. The van der Waals surface area contributed by atoms with Crippen molar-refractivity contribution in [3.05, 3.63) is 72.1 Å². The fourth-order valence-electron chi connectivity index (χ4n) is 6.01. The normalized spacial score (nSPS) is 21.8. The molecule has 0 unspecified atom stereocenters. The summed E-state index contributed by atoms with van der Waals surface area (Å²) >= 11 is 0. The first-order valence-corrected chi connectivity index (χ1v) is 14.0. The van der Waals surface area contributed by atoms with Crippen LogP contribution in [0.25, 0.3) is 0 Å². The van der Waals surface area contributed by atoms with Crippen LogP contribution in [-0.4, -0.2) is 88.2 Å². The van der Waals surface area contributed by atoms with Crippen LogP contribution in [-0.2, 0) is 0 Å². The number of aromatic nitrogens is 2. The number of nitrogen functional groups attached to an aromatic ring is 1. The van der Waals surface area contributed by atoms with Gasteiger partial charge in [-0.15, -0.1) is 4.68 Å². The van der Waals surface area contributed by atoms with Crippen molar-refractivity contribution in [3.63, 3.8) is 0 Å². The molecule has 3 N–H and O–H groups in total. The number of fused-ring (bicyclic) bond motifs is 1. The topological polar surface area (TPSA) is 94.9 Å². The van der Waals surface area contributed by atoms with Gasteiger partial charge < -0.3 is 15.8 Å². The van der Waals surface area contributed by atoms with Gasteiger partial charge >= 0.3 is 5.82 Å². The number of hydrazone groups is 1. The standard InChI is InChI=1S/C30H35N8O/c31-29-27-28(23-6-8-26(9-7-23)39-25-4-2-1-3-5-25)35-38(30(27)34-20-33-29)17-21-10-12-37(13-11-21)24-18-36(19-24)16-22-14-32-15-22/h1-9,17,20-22,24,32H,10-16,18-19H2,(H2,31,33,34)/q+1/b38-17-. The van der Waals surface area contributed by atoms with Gasteiger partial charge in [0.2, 0.25) is 6.33 Å². The summed E-state index contributed by atoms with van der Waals surface area (Å²) in [6.45, 7) is 8.37. The quantitative estimate of drug-likeness (QED) is 0.460. The summed E-state index contributed by atoms with van der Waals surface area (Å²) in [5.41, 5.74) is 8.88. The van der Waals surface area contributed by atoms with Crippen molar-refractivity contribution in [1.82, 2.24) is 25.1 Å². The highest BCUT2D eigenvalue weighted by Crippen LogP contribution is 2.32. The number of benzene rings is 2. The third-order valence-electron chi connectivity index (χ3n) is 8.39. The predicted octanol–water partition coefficient (Wildman–Crippen LogP) is 2.95. The molecule has 0 saturated carbocycles. The SMILES string of the molecule is Nc1ncnc2c1C(c1ccc(Oc3ccccc3)cc1)=N/[N+]2=C\C1CCN(C2CN(CC3CNC3)C2)CC1. The largest absolute Gasteiger partial charge is 0.457 e. The molecular formula is C30H35N8O+. The molecule has 0 radical (unpaired) electrons. The van der Waals surface area contributed by atoms with Crippen LogP contribution in [0.15, 0.2) is 66.0 Å². The van der Waals surface area contributed by atoms with E-state index >= 15 is 0 Å². The Morgan fingerprint density at radius 3 is 2.44 bits per heavy atom. The van der Waals surface area contributed by atoms with Crippen molar-refractivity contribution in [2.45, 2.75) is 18.9 Å². The average Bonchev–Trinajstić information content (AvgIpc) is 3.28. The maximum absolute atomic E-state index is 6.34. The summed E-state index contributed by atoms with van der Waals surface area (Å²) in [5, 5.41) is 8.35. The third kappa shape index (κ3) is 5.05. The van der Waals surface area contributed by atoms with Crippen LogP contribution in [0.2, 0.25) is 0 Å². The van der Waals surface area contributed by atoms with E-state index < -0.39 is 0 Å². The Morgan fingerprint density at radius 1 is 0.974 bits per heavy atom. The number of nitrogens with zero attached hydrogens (tertiary/aromatic N) is 6. The maximum Gasteiger partial charge on any atom is 0.363 e. The van der Waals surface area contributed by atoms with Gasteiger partial charge in [0, 0.05) is 50.2 Å². The van der Waals surface area contributed by atoms with E-state index in [4.69, 9.17) is 15.6 Å². The lowest BCUT2D eigenvalue weighted by molar-refractivity contribution is -0.442. The Balaban J connectivity index is 1.03. The zero-order valence-corrected chi connectivity index (χ0v) is 22.1. The van der Waals surface area contributed by atoms with Gasteiger partial charge in [-0.05, 0) is 73.2 Å². The maximum atomic E-state index is 6.34. The molecule has 4 aliphatic rings. The highest BCUT2D eigenvalue weighted by Gasteiger charge is 2.37. The second-order valence-electron chi connectivity index (χ2n) is 11.1. The number of anilines is 1. The van der Waals surface area contributed by atoms with Crippen LogP contribution in [0.5, 0.6) is 11.5 Å². The van der Waals surface area contributed by atoms with Crippen molar-refractivity contribution in [2.24, 2.45) is 16.9 Å². The Labute approximate surface area is 229 Å². The molecule has 9 nitrogen and oxygen atoms in total. The zero-order valence-electron chi connectivity index (χ0n) is 22.1. The molecule has 0 amide bonds. The summed E-state index contributed by atoms with van der Waals surface area (Å²) in [5.74, 6) is 4.08. The number of para-hydroxylation sites is 1. The molecule has 0 bridgehead atoms. The van der Waals surface area contributed by atoms with E-state index in [0.29, 0.717) is 11.7 Å². The lowest BCUT2D eigenvalue weighted by Gasteiger charge is -2.49. The predicted molar refractivity (Wildman–Crippen MR) is 152 cm³/mol. The molecule has 9 heteroatoms. The lowest BCUT2D eigenvalue weighted by atomic mass is 9.94. The van der Waals surface area contributed by atoms with Gasteiger partial charge in [0.15, 0.2) is 0 Å². The Morgan fingerprint density at radius 2 is 1.72 bits per heavy atom. The molecule has 7 rings (SSSR count). The summed E-state index contributed by atoms with van der Waals surface area (Å²) in [4.78, 5) is 14.1. The number of hydrogen-bond donors (Lipinski definition) is 2. The Kier molecular flexibility index (Phi) is 6.56. The second kappa shape index (κ2) is 10.5.